The molecule has 1 aromatic heterocycles. The minimum absolute atomic E-state index is 0.0464. The van der Waals surface area contributed by atoms with Gasteiger partial charge in [-0.3, -0.25) is 9.36 Å². The van der Waals surface area contributed by atoms with Crippen LogP contribution in [-0.4, -0.2) is 16.1 Å². The van der Waals surface area contributed by atoms with Crippen LogP contribution in [0.3, 0.4) is 0 Å². The van der Waals surface area contributed by atoms with Crippen LogP contribution in [0.2, 0.25) is 0 Å². The van der Waals surface area contributed by atoms with E-state index >= 15 is 0 Å². The molecule has 22 heavy (non-hydrogen) atoms. The second-order valence-electron chi connectivity index (χ2n) is 4.29. The lowest BCUT2D eigenvalue weighted by molar-refractivity contribution is -0.137. The Morgan fingerprint density at radius 1 is 1.41 bits per heavy atom. The highest BCUT2D eigenvalue weighted by Crippen LogP contribution is 2.30. The Labute approximate surface area is 131 Å². The maximum absolute atomic E-state index is 12.8. The molecular weight excluding hydrogens is 344 g/mol. The van der Waals surface area contributed by atoms with E-state index in [2.05, 4.69) is 4.99 Å². The van der Waals surface area contributed by atoms with E-state index in [0.29, 0.717) is 4.88 Å². The van der Waals surface area contributed by atoms with E-state index in [1.807, 2.05) is 0 Å². The highest BCUT2D eigenvalue weighted by atomic mass is 35.5. The van der Waals surface area contributed by atoms with Crippen LogP contribution in [0, 0.1) is 6.92 Å². The summed E-state index contributed by atoms with van der Waals surface area (Å²) < 4.78 is 52.3. The van der Waals surface area contributed by atoms with Crippen molar-refractivity contribution in [2.75, 3.05) is 0 Å². The second-order valence-corrected chi connectivity index (χ2v) is 5.89. The average Bonchev–Trinajstić information content (AvgIpc) is 2.78. The van der Waals surface area contributed by atoms with Gasteiger partial charge >= 0.3 is 6.18 Å². The summed E-state index contributed by atoms with van der Waals surface area (Å²) in [6.45, 7) is 1.69. The number of alkyl halides is 5. The van der Waals surface area contributed by atoms with Crippen molar-refractivity contribution in [3.63, 3.8) is 0 Å². The van der Waals surface area contributed by atoms with Crippen LogP contribution in [-0.2, 0) is 11.0 Å². The van der Waals surface area contributed by atoms with Crippen molar-refractivity contribution in [2.45, 2.75) is 18.7 Å². The fourth-order valence-corrected chi connectivity index (χ4v) is 2.58. The first kappa shape index (κ1) is 16.7. The number of hydrogen-bond donors (Lipinski definition) is 0. The maximum atomic E-state index is 12.8. The first-order chi connectivity index (χ1) is 10.2. The smallest absolute Gasteiger partial charge is 0.292 e. The topological polar surface area (TPSA) is 34.4 Å². The lowest BCUT2D eigenvalue weighted by atomic mass is 10.2. The highest BCUT2D eigenvalue weighted by molar-refractivity contribution is 7.09. The van der Waals surface area contributed by atoms with Gasteiger partial charge in [-0.25, -0.2) is 4.39 Å². The number of nitrogens with zero attached hydrogens (tertiary/aromatic N) is 2. The monoisotopic (exact) mass is 352 g/mol. The van der Waals surface area contributed by atoms with Gasteiger partial charge in [0.25, 0.3) is 11.5 Å². The van der Waals surface area contributed by atoms with E-state index in [1.54, 1.807) is 6.92 Å². The van der Waals surface area contributed by atoms with Gasteiger partial charge in [0, 0.05) is 16.8 Å². The number of amides is 1. The SMILES string of the molecule is Cc1cn(-c2cccc(C(F)(F)F)c2)c(=NC(=O)C(F)Cl)s1. The molecule has 1 atom stereocenters. The fraction of sp³-hybridized carbons (Fsp3) is 0.231. The predicted molar refractivity (Wildman–Crippen MR) is 74.7 cm³/mol. The molecule has 0 saturated heterocycles. The molecule has 9 heteroatoms. The molecule has 0 saturated carbocycles. The van der Waals surface area contributed by atoms with E-state index < -0.39 is 23.3 Å². The number of aryl methyl sites for hydroxylation is 1. The number of carbonyl (C=O) groups is 1. The van der Waals surface area contributed by atoms with Gasteiger partial charge in [-0.15, -0.1) is 11.3 Å². The van der Waals surface area contributed by atoms with E-state index in [9.17, 15) is 22.4 Å². The van der Waals surface area contributed by atoms with Crippen molar-refractivity contribution in [1.82, 2.24) is 4.57 Å². The van der Waals surface area contributed by atoms with Gasteiger partial charge in [0.15, 0.2) is 4.80 Å². The quantitative estimate of drug-likeness (QED) is 0.597. The molecule has 0 radical (unpaired) electrons. The van der Waals surface area contributed by atoms with Crippen molar-refractivity contribution in [3.8, 4) is 5.69 Å². The molecule has 3 nitrogen and oxygen atoms in total. The molecule has 0 aliphatic rings. The molecule has 2 rings (SSSR count). The molecule has 1 heterocycles. The number of rotatable bonds is 2. The van der Waals surface area contributed by atoms with Gasteiger partial charge in [0.1, 0.15) is 0 Å². The Kier molecular flexibility index (Phi) is 4.72. The summed E-state index contributed by atoms with van der Waals surface area (Å²) in [5, 5.41) is 0. The molecule has 0 aliphatic carbocycles. The number of benzene rings is 1. The number of halogens is 5. The van der Waals surface area contributed by atoms with Gasteiger partial charge in [0.05, 0.1) is 5.56 Å². The van der Waals surface area contributed by atoms with Crippen molar-refractivity contribution in [1.29, 1.82) is 0 Å². The van der Waals surface area contributed by atoms with Gasteiger partial charge in [0.2, 0.25) is 0 Å². The van der Waals surface area contributed by atoms with Gasteiger partial charge in [-0.2, -0.15) is 18.2 Å². The third-order valence-corrected chi connectivity index (χ3v) is 3.70. The number of thiazole rings is 1. The molecule has 0 aliphatic heterocycles. The zero-order valence-corrected chi connectivity index (χ0v) is 12.6. The lowest BCUT2D eigenvalue weighted by Crippen LogP contribution is -2.18. The number of hydrogen-bond acceptors (Lipinski definition) is 2. The Morgan fingerprint density at radius 3 is 2.68 bits per heavy atom. The number of carbonyl (C=O) groups excluding carboxylic acids is 1. The zero-order valence-electron chi connectivity index (χ0n) is 11.1. The summed E-state index contributed by atoms with van der Waals surface area (Å²) in [6, 6.07) is 4.52. The molecule has 2 aromatic rings. The summed E-state index contributed by atoms with van der Waals surface area (Å²) in [4.78, 5) is 15.5. The Balaban J connectivity index is 2.57. The molecule has 1 amide bonds. The normalized spacial score (nSPS) is 14.2. The first-order valence-electron chi connectivity index (χ1n) is 5.92. The van der Waals surface area contributed by atoms with Crippen LogP contribution < -0.4 is 4.80 Å². The van der Waals surface area contributed by atoms with E-state index in [0.717, 1.165) is 23.5 Å². The van der Waals surface area contributed by atoms with Crippen molar-refractivity contribution >= 4 is 28.8 Å². The van der Waals surface area contributed by atoms with Gasteiger partial charge in [-0.05, 0) is 25.1 Å². The largest absolute Gasteiger partial charge is 0.416 e. The molecular formula is C13H9ClF4N2OS. The summed E-state index contributed by atoms with van der Waals surface area (Å²) in [6.07, 6.45) is -2.98. The van der Waals surface area contributed by atoms with Gasteiger partial charge in [-0.1, -0.05) is 17.7 Å². The standard InChI is InChI=1S/C13H9ClF4N2OS/c1-7-6-20(12(22-7)19-11(21)10(14)15)9-4-2-3-8(5-9)13(16,17)18/h2-6,10H,1H3. The van der Waals surface area contributed by atoms with E-state index in [4.69, 9.17) is 11.6 Å². The summed E-state index contributed by atoms with van der Waals surface area (Å²) in [5.41, 5.74) is -2.97. The highest BCUT2D eigenvalue weighted by Gasteiger charge is 2.30. The minimum atomic E-state index is -4.49. The molecule has 0 fully saturated rings. The fourth-order valence-electron chi connectivity index (χ4n) is 1.69. The third kappa shape index (κ3) is 3.75. The van der Waals surface area contributed by atoms with Crippen LogP contribution in [0.1, 0.15) is 10.4 Å². The zero-order chi connectivity index (χ0) is 16.5. The Morgan fingerprint density at radius 2 is 2.09 bits per heavy atom. The molecule has 0 N–H and O–H groups in total. The van der Waals surface area contributed by atoms with Crippen LogP contribution in [0.15, 0.2) is 35.5 Å². The van der Waals surface area contributed by atoms with Crippen molar-refractivity contribution in [2.24, 2.45) is 4.99 Å². The van der Waals surface area contributed by atoms with Crippen molar-refractivity contribution < 1.29 is 22.4 Å². The molecule has 0 bridgehead atoms. The van der Waals surface area contributed by atoms with E-state index in [-0.39, 0.29) is 10.5 Å². The second kappa shape index (κ2) is 6.21. The molecule has 1 aromatic carbocycles. The van der Waals surface area contributed by atoms with Crippen LogP contribution in [0.4, 0.5) is 17.6 Å². The van der Waals surface area contributed by atoms with Crippen molar-refractivity contribution in [3.05, 3.63) is 45.7 Å². The molecule has 1 unspecified atom stereocenters. The van der Waals surface area contributed by atoms with Crippen LogP contribution >= 0.6 is 22.9 Å². The minimum Gasteiger partial charge on any atom is -0.292 e. The molecule has 0 spiro atoms. The summed E-state index contributed by atoms with van der Waals surface area (Å²) >= 11 is 6.04. The predicted octanol–water partition coefficient (Wildman–Crippen LogP) is 3.83. The van der Waals surface area contributed by atoms with Crippen LogP contribution in [0.25, 0.3) is 5.69 Å². The summed E-state index contributed by atoms with van der Waals surface area (Å²) in [5.74, 6) is -1.20. The Hall–Kier alpha value is -1.67. The molecule has 118 valence electrons. The van der Waals surface area contributed by atoms with E-state index in [1.165, 1.54) is 22.9 Å². The average molecular weight is 353 g/mol. The van der Waals surface area contributed by atoms with Crippen LogP contribution in [0.5, 0.6) is 0 Å². The Bertz CT molecular complexity index is 764. The van der Waals surface area contributed by atoms with Gasteiger partial charge < -0.3 is 0 Å². The third-order valence-electron chi connectivity index (χ3n) is 2.61. The first-order valence-corrected chi connectivity index (χ1v) is 7.17. The lowest BCUT2D eigenvalue weighted by Gasteiger charge is -2.09. The summed E-state index contributed by atoms with van der Waals surface area (Å²) in [7, 11) is 0. The maximum Gasteiger partial charge on any atom is 0.416 e. The number of aromatic nitrogens is 1.